The number of benzene rings is 2. The van der Waals surface area contributed by atoms with Crippen molar-refractivity contribution in [2.45, 2.75) is 19.8 Å². The monoisotopic (exact) mass is 460 g/mol. The van der Waals surface area contributed by atoms with Crippen LogP contribution in [0.3, 0.4) is 0 Å². The van der Waals surface area contributed by atoms with Crippen molar-refractivity contribution in [2.75, 3.05) is 29.4 Å². The number of nitrogens with zero attached hydrogens (tertiary/aromatic N) is 3. The van der Waals surface area contributed by atoms with E-state index in [1.54, 1.807) is 11.1 Å². The third-order valence-corrected chi connectivity index (χ3v) is 6.42. The zero-order valence-electron chi connectivity index (χ0n) is 18.4. The predicted molar refractivity (Wildman–Crippen MR) is 132 cm³/mol. The summed E-state index contributed by atoms with van der Waals surface area (Å²) < 4.78 is 0. The summed E-state index contributed by atoms with van der Waals surface area (Å²) in [6.07, 6.45) is 5.20. The number of aromatic nitrogens is 1. The number of pyridine rings is 1. The van der Waals surface area contributed by atoms with Gasteiger partial charge < -0.3 is 20.2 Å². The summed E-state index contributed by atoms with van der Waals surface area (Å²) >= 11 is 6.55. The van der Waals surface area contributed by atoms with Crippen molar-refractivity contribution in [2.24, 2.45) is 0 Å². The highest BCUT2D eigenvalue weighted by Crippen LogP contribution is 2.41. The van der Waals surface area contributed by atoms with Gasteiger partial charge in [-0.15, -0.1) is 0 Å². The van der Waals surface area contributed by atoms with Crippen LogP contribution in [0, 0.1) is 0 Å². The number of anilines is 2. The first-order valence-corrected chi connectivity index (χ1v) is 11.5. The Labute approximate surface area is 198 Å². The first-order valence-electron chi connectivity index (χ1n) is 11.1. The number of hydrogen-bond acceptors (Lipinski definition) is 5. The Morgan fingerprint density at radius 2 is 1.85 bits per heavy atom. The molecule has 3 heterocycles. The number of allylic oxidation sites excluding steroid dienone is 1. The van der Waals surface area contributed by atoms with Crippen LogP contribution in [-0.2, 0) is 4.79 Å². The van der Waals surface area contributed by atoms with Gasteiger partial charge in [0.1, 0.15) is 11.6 Å². The van der Waals surface area contributed by atoms with Crippen molar-refractivity contribution in [3.05, 3.63) is 71.6 Å². The molecule has 2 N–H and O–H groups in total. The smallest absolute Gasteiger partial charge is 0.227 e. The maximum atomic E-state index is 12.1. The summed E-state index contributed by atoms with van der Waals surface area (Å²) in [5.41, 5.74) is 4.90. The fourth-order valence-corrected chi connectivity index (χ4v) is 4.73. The second kappa shape index (κ2) is 8.79. The minimum Gasteiger partial charge on any atom is -0.507 e. The van der Waals surface area contributed by atoms with E-state index in [9.17, 15) is 9.90 Å². The summed E-state index contributed by atoms with van der Waals surface area (Å²) in [5, 5.41) is 15.0. The maximum Gasteiger partial charge on any atom is 0.227 e. The molecule has 33 heavy (non-hydrogen) atoms. The lowest BCUT2D eigenvalue weighted by atomic mass is 9.97. The van der Waals surface area contributed by atoms with Gasteiger partial charge in [-0.3, -0.25) is 4.79 Å². The van der Waals surface area contributed by atoms with E-state index in [1.165, 1.54) is 0 Å². The number of hydrogen-bond donors (Lipinski definition) is 2. The first-order chi connectivity index (χ1) is 16.0. The maximum absolute atomic E-state index is 12.1. The van der Waals surface area contributed by atoms with Gasteiger partial charge in [0.05, 0.1) is 10.7 Å². The number of para-hydroxylation sites is 1. The molecule has 5 rings (SSSR count). The van der Waals surface area contributed by atoms with Gasteiger partial charge in [-0.1, -0.05) is 35.9 Å². The highest BCUT2D eigenvalue weighted by Gasteiger charge is 2.24. The molecule has 1 amide bonds. The molecule has 0 atom stereocenters. The zero-order chi connectivity index (χ0) is 22.9. The second-order valence-electron chi connectivity index (χ2n) is 8.35. The van der Waals surface area contributed by atoms with Crippen LogP contribution >= 0.6 is 11.6 Å². The fourth-order valence-electron chi connectivity index (χ4n) is 4.45. The Morgan fingerprint density at radius 1 is 1.06 bits per heavy atom. The van der Waals surface area contributed by atoms with Crippen molar-refractivity contribution in [3.63, 3.8) is 0 Å². The molecular weight excluding hydrogens is 436 g/mol. The molecule has 1 saturated heterocycles. The third-order valence-electron chi connectivity index (χ3n) is 6.12. The zero-order valence-corrected chi connectivity index (χ0v) is 19.1. The molecular formula is C26H25ClN4O2. The predicted octanol–water partition coefficient (Wildman–Crippen LogP) is 5.17. The molecule has 0 aliphatic carbocycles. The van der Waals surface area contributed by atoms with Crippen molar-refractivity contribution < 1.29 is 9.90 Å². The molecule has 1 fully saturated rings. The lowest BCUT2D eigenvalue weighted by molar-refractivity contribution is -0.117. The van der Waals surface area contributed by atoms with E-state index in [1.807, 2.05) is 61.7 Å². The van der Waals surface area contributed by atoms with E-state index in [0.29, 0.717) is 23.6 Å². The molecule has 2 aliphatic heterocycles. The van der Waals surface area contributed by atoms with Crippen LogP contribution in [0.4, 0.5) is 11.5 Å². The molecule has 2 aromatic carbocycles. The number of nitrogens with one attached hydrogen (secondary N) is 1. The molecule has 7 heteroatoms. The lowest BCUT2D eigenvalue weighted by Gasteiger charge is -2.26. The van der Waals surface area contributed by atoms with Gasteiger partial charge in [0, 0.05) is 55.3 Å². The Bertz CT molecular complexity index is 1260. The van der Waals surface area contributed by atoms with Crippen LogP contribution in [0.15, 0.2) is 66.6 Å². The molecule has 2 aliphatic rings. The van der Waals surface area contributed by atoms with Crippen molar-refractivity contribution in [1.29, 1.82) is 0 Å². The average Bonchev–Trinajstić information content (AvgIpc) is 3.25. The molecule has 0 radical (unpaired) electrons. The van der Waals surface area contributed by atoms with Crippen molar-refractivity contribution in [1.82, 2.24) is 10.3 Å². The Hall–Kier alpha value is -3.51. The lowest BCUT2D eigenvalue weighted by Crippen LogP contribution is -2.34. The number of carbonyl (C=O) groups is 1. The van der Waals surface area contributed by atoms with Gasteiger partial charge >= 0.3 is 0 Å². The van der Waals surface area contributed by atoms with E-state index in [0.717, 1.165) is 53.4 Å². The van der Waals surface area contributed by atoms with Crippen LogP contribution in [-0.4, -0.2) is 35.6 Å². The van der Waals surface area contributed by atoms with Crippen molar-refractivity contribution >= 4 is 29.0 Å². The van der Waals surface area contributed by atoms with E-state index >= 15 is 0 Å². The minimum absolute atomic E-state index is 0.0949. The second-order valence-corrected chi connectivity index (χ2v) is 8.76. The molecule has 6 nitrogen and oxygen atoms in total. The minimum atomic E-state index is 0.0949. The Morgan fingerprint density at radius 3 is 2.55 bits per heavy atom. The largest absolute Gasteiger partial charge is 0.507 e. The van der Waals surface area contributed by atoms with Gasteiger partial charge in [0.15, 0.2) is 0 Å². The molecule has 168 valence electrons. The summed E-state index contributed by atoms with van der Waals surface area (Å²) in [6, 6.07) is 15.2. The highest BCUT2D eigenvalue weighted by molar-refractivity contribution is 6.34. The van der Waals surface area contributed by atoms with Crippen molar-refractivity contribution in [3.8, 4) is 28.0 Å². The summed E-state index contributed by atoms with van der Waals surface area (Å²) in [5.74, 6) is 1.11. The number of phenolic OH excluding ortho intramolecular Hbond substituents is 1. The topological polar surface area (TPSA) is 68.7 Å². The van der Waals surface area contributed by atoms with E-state index in [4.69, 9.17) is 11.6 Å². The Balaban J connectivity index is 1.49. The van der Waals surface area contributed by atoms with E-state index in [2.05, 4.69) is 15.2 Å². The average molecular weight is 461 g/mol. The fraction of sp³-hybridized carbons (Fsp3) is 0.231. The summed E-state index contributed by atoms with van der Waals surface area (Å²) in [6.45, 7) is 4.39. The molecule has 0 spiro atoms. The molecule has 0 bridgehead atoms. The van der Waals surface area contributed by atoms with Crippen LogP contribution in [0.25, 0.3) is 22.3 Å². The molecule has 3 aromatic rings. The van der Waals surface area contributed by atoms with Crippen LogP contribution < -0.4 is 15.1 Å². The third kappa shape index (κ3) is 4.14. The number of phenols is 1. The normalized spacial score (nSPS) is 16.1. The van der Waals surface area contributed by atoms with Gasteiger partial charge in [0.2, 0.25) is 5.91 Å². The number of halogens is 1. The summed E-state index contributed by atoms with van der Waals surface area (Å²) in [4.78, 5) is 20.5. The standard InChI is InChI=1S/C26H25ClN4O2/c1-17-16-30(13-11-28-17)24-15-19(9-10-29-24)21-5-2-4-20(26(21)33)18-7-8-23(22(27)14-18)31-12-3-6-25(31)32/h2,4-5,7-10,14-16,28,33H,3,6,11-13H2,1H3. The first kappa shape index (κ1) is 21.3. The van der Waals surface area contributed by atoms with E-state index in [-0.39, 0.29) is 11.7 Å². The van der Waals surface area contributed by atoms with Gasteiger partial charge in [0.25, 0.3) is 0 Å². The quantitative estimate of drug-likeness (QED) is 0.562. The Kier molecular flexibility index (Phi) is 5.68. The summed E-state index contributed by atoms with van der Waals surface area (Å²) in [7, 11) is 0. The molecule has 1 aromatic heterocycles. The highest BCUT2D eigenvalue weighted by atomic mass is 35.5. The number of amides is 1. The van der Waals surface area contributed by atoms with Crippen LogP contribution in [0.1, 0.15) is 19.8 Å². The molecule has 0 saturated carbocycles. The SMILES string of the molecule is CC1=CN(c2cc(-c3cccc(-c4ccc(N5CCCC5=O)c(Cl)c4)c3O)ccn2)CCN1. The molecule has 0 unspecified atom stereocenters. The number of aromatic hydroxyl groups is 1. The number of carbonyl (C=O) groups excluding carboxylic acids is 1. The van der Waals surface area contributed by atoms with Crippen LogP contribution in [0.5, 0.6) is 5.75 Å². The van der Waals surface area contributed by atoms with E-state index < -0.39 is 0 Å². The van der Waals surface area contributed by atoms with Crippen LogP contribution in [0.2, 0.25) is 5.02 Å². The van der Waals surface area contributed by atoms with Gasteiger partial charge in [-0.2, -0.15) is 0 Å². The van der Waals surface area contributed by atoms with Gasteiger partial charge in [-0.05, 0) is 48.7 Å². The van der Waals surface area contributed by atoms with Gasteiger partial charge in [-0.25, -0.2) is 4.98 Å². The number of rotatable bonds is 4.